The molecule has 1 aromatic carbocycles. The Kier molecular flexibility index (Phi) is 3.87. The number of aliphatic hydroxyl groups excluding tert-OH is 1. The highest BCUT2D eigenvalue weighted by Gasteiger charge is 2.66. The fraction of sp³-hybridized carbons (Fsp3) is 0.600. The van der Waals surface area contributed by atoms with Gasteiger partial charge in [-0.1, -0.05) is 25.1 Å². The van der Waals surface area contributed by atoms with Crippen LogP contribution >= 0.6 is 0 Å². The molecule has 1 heterocycles. The molecule has 136 valence electrons. The maximum atomic E-state index is 10.9. The van der Waals surface area contributed by atoms with Crippen LogP contribution in [-0.2, 0) is 11.8 Å². The van der Waals surface area contributed by atoms with E-state index in [2.05, 4.69) is 24.4 Å². The van der Waals surface area contributed by atoms with Crippen molar-refractivity contribution in [3.63, 3.8) is 0 Å². The Bertz CT molecular complexity index is 719. The summed E-state index contributed by atoms with van der Waals surface area (Å²) in [5.74, 6) is 1.63. The molecule has 0 amide bonds. The van der Waals surface area contributed by atoms with Gasteiger partial charge in [0, 0.05) is 23.6 Å². The molecule has 3 aliphatic rings. The van der Waals surface area contributed by atoms with Crippen LogP contribution < -0.4 is 20.5 Å². The van der Waals surface area contributed by atoms with Crippen molar-refractivity contribution < 1.29 is 14.6 Å². The predicted molar refractivity (Wildman–Crippen MR) is 97.2 cm³/mol. The summed E-state index contributed by atoms with van der Waals surface area (Å²) >= 11 is 0. The molecule has 0 aromatic heterocycles. The molecule has 5 heteroatoms. The Hall–Kier alpha value is -1.56. The van der Waals surface area contributed by atoms with Crippen LogP contribution in [-0.4, -0.2) is 43.6 Å². The zero-order chi connectivity index (χ0) is 17.8. The molecule has 0 saturated carbocycles. The summed E-state index contributed by atoms with van der Waals surface area (Å²) in [6, 6.07) is 4.11. The molecule has 25 heavy (non-hydrogen) atoms. The van der Waals surface area contributed by atoms with Crippen LogP contribution in [0.15, 0.2) is 24.3 Å². The Morgan fingerprint density at radius 3 is 2.88 bits per heavy atom. The van der Waals surface area contributed by atoms with Crippen molar-refractivity contribution in [2.24, 2.45) is 11.7 Å². The molecule has 0 saturated heterocycles. The zero-order valence-corrected chi connectivity index (χ0v) is 15.2. The van der Waals surface area contributed by atoms with Crippen LogP contribution in [0.1, 0.15) is 30.9 Å². The second-order valence-corrected chi connectivity index (χ2v) is 7.57. The molecule has 4 N–H and O–H groups in total. The van der Waals surface area contributed by atoms with Gasteiger partial charge in [0.2, 0.25) is 0 Å². The maximum Gasteiger partial charge on any atom is 0.166 e. The third kappa shape index (κ3) is 1.94. The molecule has 4 rings (SSSR count). The minimum atomic E-state index is -0.687. The average molecular weight is 344 g/mol. The molecule has 1 aromatic rings. The lowest BCUT2D eigenvalue weighted by atomic mass is 9.52. The quantitative estimate of drug-likeness (QED) is 0.722. The van der Waals surface area contributed by atoms with Crippen LogP contribution in [0.2, 0.25) is 0 Å². The molecule has 5 nitrogen and oxygen atoms in total. The van der Waals surface area contributed by atoms with Crippen LogP contribution in [0.5, 0.6) is 11.5 Å². The number of aliphatic hydroxyl groups is 1. The number of methoxy groups -OCH3 is 1. The Labute approximate surface area is 149 Å². The molecular weight excluding hydrogens is 316 g/mol. The second-order valence-electron chi connectivity index (χ2n) is 7.57. The van der Waals surface area contributed by atoms with E-state index in [4.69, 9.17) is 15.2 Å². The molecule has 0 spiro atoms. The fourth-order valence-corrected chi connectivity index (χ4v) is 5.59. The molecule has 0 fully saturated rings. The third-order valence-electron chi connectivity index (χ3n) is 6.74. The second kappa shape index (κ2) is 5.73. The van der Waals surface area contributed by atoms with Crippen molar-refractivity contribution in [2.75, 3.05) is 20.7 Å². The normalized spacial score (nSPS) is 38.0. The number of ether oxygens (including phenoxy) is 2. The molecule has 0 radical (unpaired) electrons. The first-order chi connectivity index (χ1) is 12.0. The third-order valence-corrected chi connectivity index (χ3v) is 6.74. The summed E-state index contributed by atoms with van der Waals surface area (Å²) in [4.78, 5) is 0. The zero-order valence-electron chi connectivity index (χ0n) is 15.2. The van der Waals surface area contributed by atoms with E-state index in [9.17, 15) is 5.11 Å². The van der Waals surface area contributed by atoms with Crippen molar-refractivity contribution in [1.82, 2.24) is 5.32 Å². The highest BCUT2D eigenvalue weighted by Crippen LogP contribution is 2.61. The Balaban J connectivity index is 2.01. The molecule has 2 aliphatic carbocycles. The van der Waals surface area contributed by atoms with E-state index >= 15 is 0 Å². The first kappa shape index (κ1) is 16.9. The largest absolute Gasteiger partial charge is 0.493 e. The van der Waals surface area contributed by atoms with Crippen LogP contribution in [0.25, 0.3) is 0 Å². The lowest BCUT2D eigenvalue weighted by molar-refractivity contribution is -0.0131. The monoisotopic (exact) mass is 344 g/mol. The lowest BCUT2D eigenvalue weighted by Gasteiger charge is -2.54. The van der Waals surface area contributed by atoms with Gasteiger partial charge in [0.15, 0.2) is 11.5 Å². The Morgan fingerprint density at radius 1 is 1.40 bits per heavy atom. The van der Waals surface area contributed by atoms with Crippen LogP contribution in [0, 0.1) is 5.92 Å². The maximum absolute atomic E-state index is 10.9. The first-order valence-corrected chi connectivity index (χ1v) is 9.20. The average Bonchev–Trinajstić information content (AvgIpc) is 2.96. The van der Waals surface area contributed by atoms with Crippen molar-refractivity contribution in [3.05, 3.63) is 35.4 Å². The topological polar surface area (TPSA) is 76.7 Å². The summed E-state index contributed by atoms with van der Waals surface area (Å²) in [5.41, 5.74) is 8.75. The smallest absolute Gasteiger partial charge is 0.166 e. The van der Waals surface area contributed by atoms with E-state index in [0.29, 0.717) is 0 Å². The number of aryl methyl sites for hydroxylation is 1. The van der Waals surface area contributed by atoms with Gasteiger partial charge in [-0.25, -0.2) is 0 Å². The molecule has 0 bridgehead atoms. The van der Waals surface area contributed by atoms with Gasteiger partial charge in [-0.3, -0.25) is 0 Å². The van der Waals surface area contributed by atoms with Gasteiger partial charge in [-0.15, -0.1) is 0 Å². The number of hydrogen-bond donors (Lipinski definition) is 3. The summed E-state index contributed by atoms with van der Waals surface area (Å²) in [7, 11) is 3.61. The van der Waals surface area contributed by atoms with Crippen molar-refractivity contribution in [1.29, 1.82) is 0 Å². The number of rotatable bonds is 4. The van der Waals surface area contributed by atoms with Crippen molar-refractivity contribution in [2.45, 2.75) is 49.3 Å². The fourth-order valence-electron chi connectivity index (χ4n) is 5.59. The van der Waals surface area contributed by atoms with Gasteiger partial charge in [-0.2, -0.15) is 0 Å². The standard InChI is InChI=1S/C20H28N2O3/c1-4-19-16-12-5-8-15(24-3)17(16)25-18(19)14(23)7-6-13(11-22-2)20(19,21)10-9-12/h5-8,13-14,18,22-23H,4,9-11,21H2,1-3H3/t13?,14-,18-,19?,20?/m0/s1. The van der Waals surface area contributed by atoms with E-state index in [1.165, 1.54) is 5.56 Å². The van der Waals surface area contributed by atoms with Crippen LogP contribution in [0.4, 0.5) is 0 Å². The Morgan fingerprint density at radius 2 is 2.20 bits per heavy atom. The van der Waals surface area contributed by atoms with E-state index in [1.807, 2.05) is 19.2 Å². The van der Waals surface area contributed by atoms with Gasteiger partial charge in [0.1, 0.15) is 12.2 Å². The van der Waals surface area contributed by atoms with E-state index in [0.717, 1.165) is 42.9 Å². The number of nitrogens with one attached hydrogen (secondary N) is 1. The van der Waals surface area contributed by atoms with Gasteiger partial charge >= 0.3 is 0 Å². The van der Waals surface area contributed by atoms with Crippen molar-refractivity contribution >= 4 is 0 Å². The van der Waals surface area contributed by atoms with E-state index in [-0.39, 0.29) is 12.0 Å². The molecule has 5 atom stereocenters. The van der Waals surface area contributed by atoms with E-state index < -0.39 is 17.1 Å². The number of hydrogen-bond acceptors (Lipinski definition) is 5. The first-order valence-electron chi connectivity index (χ1n) is 9.20. The van der Waals surface area contributed by atoms with Gasteiger partial charge in [0.25, 0.3) is 0 Å². The van der Waals surface area contributed by atoms with Crippen LogP contribution in [0.3, 0.4) is 0 Å². The summed E-state index contributed by atoms with van der Waals surface area (Å²) in [6.07, 6.45) is 5.51. The summed E-state index contributed by atoms with van der Waals surface area (Å²) in [6.45, 7) is 2.94. The molecule has 1 aliphatic heterocycles. The summed E-state index contributed by atoms with van der Waals surface area (Å²) in [5, 5.41) is 14.2. The number of benzene rings is 1. The highest BCUT2D eigenvalue weighted by atomic mass is 16.5. The van der Waals surface area contributed by atoms with Gasteiger partial charge < -0.3 is 25.6 Å². The molecular formula is C20H28N2O3. The van der Waals surface area contributed by atoms with Gasteiger partial charge in [0.05, 0.1) is 12.5 Å². The highest BCUT2D eigenvalue weighted by molar-refractivity contribution is 5.62. The summed E-state index contributed by atoms with van der Waals surface area (Å²) < 4.78 is 11.9. The SMILES string of the molecule is CCC12c3c4ccc(OC)c3O[C@H]1[C@@H](O)C=CC(CNC)C2(N)CC4. The van der Waals surface area contributed by atoms with Gasteiger partial charge in [-0.05, 0) is 37.9 Å². The molecule has 3 unspecified atom stereocenters. The number of nitrogens with two attached hydrogens (primary N) is 1. The minimum absolute atomic E-state index is 0.131. The predicted octanol–water partition coefficient (Wildman–Crippen LogP) is 1.51. The lowest BCUT2D eigenvalue weighted by Crippen LogP contribution is -2.69. The van der Waals surface area contributed by atoms with Crippen molar-refractivity contribution in [3.8, 4) is 11.5 Å². The van der Waals surface area contributed by atoms with E-state index in [1.54, 1.807) is 7.11 Å². The minimum Gasteiger partial charge on any atom is -0.493 e.